The van der Waals surface area contributed by atoms with Crippen molar-refractivity contribution in [2.75, 3.05) is 11.9 Å². The minimum absolute atomic E-state index is 0.0157. The van der Waals surface area contributed by atoms with Crippen molar-refractivity contribution < 1.29 is 35.5 Å². The summed E-state index contributed by atoms with van der Waals surface area (Å²) in [4.78, 5) is 12.0. The van der Waals surface area contributed by atoms with E-state index in [1.54, 1.807) is 31.2 Å². The highest BCUT2D eigenvalue weighted by atomic mass is 32.2. The van der Waals surface area contributed by atoms with E-state index < -0.39 is 46.1 Å². The normalized spacial score (nSPS) is 12.7. The van der Waals surface area contributed by atoms with Gasteiger partial charge in [0.15, 0.2) is 6.61 Å². The molecule has 0 aliphatic rings. The minimum Gasteiger partial charge on any atom is -0.484 e. The van der Waals surface area contributed by atoms with E-state index in [4.69, 9.17) is 4.74 Å². The molecule has 180 valence electrons. The standard InChI is InChI=1S/C23H20F4N2O4S/c1-15(16-5-3-2-4-6-16)29-34(31,32)19-10-8-18(9-11-19)33-14-22(30)28-17-7-12-21(24)20(13-17)23(25,26)27/h2-13,15,29H,14H2,1H3,(H,28,30). The van der Waals surface area contributed by atoms with Gasteiger partial charge in [0.25, 0.3) is 5.91 Å². The molecule has 0 saturated carbocycles. The molecule has 0 radical (unpaired) electrons. The molecule has 11 heteroatoms. The predicted molar refractivity (Wildman–Crippen MR) is 117 cm³/mol. The van der Waals surface area contributed by atoms with E-state index in [0.717, 1.165) is 11.6 Å². The number of hydrogen-bond donors (Lipinski definition) is 2. The van der Waals surface area contributed by atoms with Crippen molar-refractivity contribution in [3.63, 3.8) is 0 Å². The van der Waals surface area contributed by atoms with Gasteiger partial charge in [-0.1, -0.05) is 30.3 Å². The van der Waals surface area contributed by atoms with Crippen molar-refractivity contribution >= 4 is 21.6 Å². The Bertz CT molecular complexity index is 1250. The largest absolute Gasteiger partial charge is 0.484 e. The molecule has 3 aromatic carbocycles. The SMILES string of the molecule is CC(NS(=O)(=O)c1ccc(OCC(=O)Nc2ccc(F)c(C(F)(F)F)c2)cc1)c1ccccc1. The number of carbonyl (C=O) groups excluding carboxylic acids is 1. The zero-order valence-electron chi connectivity index (χ0n) is 17.8. The third kappa shape index (κ3) is 6.55. The van der Waals surface area contributed by atoms with Gasteiger partial charge in [-0.05, 0) is 55.0 Å². The summed E-state index contributed by atoms with van der Waals surface area (Å²) in [5.74, 6) is -2.07. The molecule has 6 nitrogen and oxygen atoms in total. The van der Waals surface area contributed by atoms with Gasteiger partial charge in [0.05, 0.1) is 10.5 Å². The van der Waals surface area contributed by atoms with Crippen LogP contribution in [0.5, 0.6) is 5.75 Å². The average Bonchev–Trinajstić information content (AvgIpc) is 2.79. The summed E-state index contributed by atoms with van der Waals surface area (Å²) in [5.41, 5.74) is -0.957. The molecule has 0 bridgehead atoms. The van der Waals surface area contributed by atoms with Crippen LogP contribution in [0.4, 0.5) is 23.2 Å². The number of alkyl halides is 3. The second kappa shape index (κ2) is 10.2. The average molecular weight is 496 g/mol. The van der Waals surface area contributed by atoms with E-state index in [1.165, 1.54) is 24.3 Å². The number of benzene rings is 3. The Kier molecular flexibility index (Phi) is 7.57. The van der Waals surface area contributed by atoms with E-state index in [9.17, 15) is 30.8 Å². The lowest BCUT2D eigenvalue weighted by Crippen LogP contribution is -2.26. The van der Waals surface area contributed by atoms with E-state index in [-0.39, 0.29) is 16.3 Å². The fraction of sp³-hybridized carbons (Fsp3) is 0.174. The Labute approximate surface area is 193 Å². The van der Waals surface area contributed by atoms with Gasteiger partial charge in [0.2, 0.25) is 10.0 Å². The van der Waals surface area contributed by atoms with Gasteiger partial charge in [-0.2, -0.15) is 13.2 Å². The molecular formula is C23H20F4N2O4S. The van der Waals surface area contributed by atoms with Crippen LogP contribution >= 0.6 is 0 Å². The monoisotopic (exact) mass is 496 g/mol. The Balaban J connectivity index is 1.58. The first kappa shape index (κ1) is 25.2. The van der Waals surface area contributed by atoms with Crippen LogP contribution in [0.15, 0.2) is 77.7 Å². The Morgan fingerprint density at radius 3 is 2.26 bits per heavy atom. The first-order valence-corrected chi connectivity index (χ1v) is 11.4. The minimum atomic E-state index is -4.91. The number of sulfonamides is 1. The van der Waals surface area contributed by atoms with E-state index in [0.29, 0.717) is 12.1 Å². The van der Waals surface area contributed by atoms with Crippen molar-refractivity contribution in [3.8, 4) is 5.75 Å². The van der Waals surface area contributed by atoms with Crippen molar-refractivity contribution in [1.29, 1.82) is 0 Å². The van der Waals surface area contributed by atoms with Gasteiger partial charge >= 0.3 is 6.18 Å². The number of ether oxygens (including phenoxy) is 1. The summed E-state index contributed by atoms with van der Waals surface area (Å²) >= 11 is 0. The first-order valence-electron chi connectivity index (χ1n) is 9.92. The number of amides is 1. The van der Waals surface area contributed by atoms with Crippen LogP contribution in [0.2, 0.25) is 0 Å². The highest BCUT2D eigenvalue weighted by molar-refractivity contribution is 7.89. The van der Waals surface area contributed by atoms with Gasteiger partial charge in [0, 0.05) is 11.7 Å². The number of rotatable bonds is 8. The van der Waals surface area contributed by atoms with Gasteiger partial charge in [0.1, 0.15) is 11.6 Å². The van der Waals surface area contributed by atoms with Crippen LogP contribution in [-0.4, -0.2) is 20.9 Å². The zero-order valence-corrected chi connectivity index (χ0v) is 18.6. The second-order valence-corrected chi connectivity index (χ2v) is 8.97. The number of hydrogen-bond acceptors (Lipinski definition) is 4. The van der Waals surface area contributed by atoms with Crippen LogP contribution in [0.3, 0.4) is 0 Å². The van der Waals surface area contributed by atoms with Gasteiger partial charge in [-0.15, -0.1) is 0 Å². The van der Waals surface area contributed by atoms with Crippen LogP contribution in [0.25, 0.3) is 0 Å². The Morgan fingerprint density at radius 2 is 1.65 bits per heavy atom. The molecule has 0 aromatic heterocycles. The maximum Gasteiger partial charge on any atom is 0.419 e. The number of halogens is 4. The molecule has 1 unspecified atom stereocenters. The molecular weight excluding hydrogens is 476 g/mol. The van der Waals surface area contributed by atoms with Crippen LogP contribution in [0, 0.1) is 5.82 Å². The van der Waals surface area contributed by atoms with E-state index >= 15 is 0 Å². The van der Waals surface area contributed by atoms with Crippen LogP contribution in [-0.2, 0) is 21.0 Å². The summed E-state index contributed by atoms with van der Waals surface area (Å²) in [6.07, 6.45) is -4.91. The van der Waals surface area contributed by atoms with Crippen molar-refractivity contribution in [1.82, 2.24) is 4.72 Å². The Morgan fingerprint density at radius 1 is 1.00 bits per heavy atom. The summed E-state index contributed by atoms with van der Waals surface area (Å²) in [6, 6.07) is 15.9. The maximum atomic E-state index is 13.3. The number of anilines is 1. The maximum absolute atomic E-state index is 13.3. The lowest BCUT2D eigenvalue weighted by Gasteiger charge is -2.15. The van der Waals surface area contributed by atoms with Crippen molar-refractivity contribution in [2.45, 2.75) is 24.0 Å². The third-order valence-corrected chi connectivity index (χ3v) is 6.25. The summed E-state index contributed by atoms with van der Waals surface area (Å²) in [6.45, 7) is 1.15. The lowest BCUT2D eigenvalue weighted by molar-refractivity contribution is -0.140. The third-order valence-electron chi connectivity index (χ3n) is 4.69. The van der Waals surface area contributed by atoms with Gasteiger partial charge in [-0.25, -0.2) is 17.5 Å². The summed E-state index contributed by atoms with van der Waals surface area (Å²) in [5, 5.41) is 2.19. The first-order chi connectivity index (χ1) is 16.0. The number of carbonyl (C=O) groups is 1. The highest BCUT2D eigenvalue weighted by Crippen LogP contribution is 2.33. The van der Waals surface area contributed by atoms with Gasteiger partial charge < -0.3 is 10.1 Å². The molecule has 1 amide bonds. The van der Waals surface area contributed by atoms with Crippen LogP contribution < -0.4 is 14.8 Å². The smallest absolute Gasteiger partial charge is 0.419 e. The fourth-order valence-electron chi connectivity index (χ4n) is 2.99. The lowest BCUT2D eigenvalue weighted by atomic mass is 10.1. The molecule has 0 aliphatic carbocycles. The summed E-state index contributed by atoms with van der Waals surface area (Å²) < 4.78 is 84.7. The molecule has 2 N–H and O–H groups in total. The molecule has 0 spiro atoms. The molecule has 3 rings (SSSR count). The topological polar surface area (TPSA) is 84.5 Å². The molecule has 0 heterocycles. The van der Waals surface area contributed by atoms with Crippen LogP contribution in [0.1, 0.15) is 24.1 Å². The quantitative estimate of drug-likeness (QED) is 0.435. The van der Waals surface area contributed by atoms with E-state index in [1.807, 2.05) is 6.07 Å². The molecule has 34 heavy (non-hydrogen) atoms. The Hall–Kier alpha value is -3.44. The second-order valence-electron chi connectivity index (χ2n) is 7.25. The molecule has 0 fully saturated rings. The van der Waals surface area contributed by atoms with Crippen molar-refractivity contribution in [3.05, 3.63) is 89.7 Å². The molecule has 1 atom stereocenters. The van der Waals surface area contributed by atoms with E-state index in [2.05, 4.69) is 10.0 Å². The molecule has 0 saturated heterocycles. The van der Waals surface area contributed by atoms with Crippen molar-refractivity contribution in [2.24, 2.45) is 0 Å². The fourth-order valence-corrected chi connectivity index (χ4v) is 4.22. The number of nitrogens with one attached hydrogen (secondary N) is 2. The zero-order chi connectivity index (χ0) is 24.9. The molecule has 0 aliphatic heterocycles. The summed E-state index contributed by atoms with van der Waals surface area (Å²) in [7, 11) is -3.82. The molecule has 3 aromatic rings. The predicted octanol–water partition coefficient (Wildman–Crippen LogP) is 4.90. The van der Waals surface area contributed by atoms with Gasteiger partial charge in [-0.3, -0.25) is 4.79 Å². The highest BCUT2D eigenvalue weighted by Gasteiger charge is 2.34.